The fourth-order valence-corrected chi connectivity index (χ4v) is 1.93. The highest BCUT2D eigenvalue weighted by Gasteiger charge is 2.30. The Morgan fingerprint density at radius 3 is 2.12 bits per heavy atom. The average molecular weight is 337 g/mol. The van der Waals surface area contributed by atoms with Crippen molar-refractivity contribution in [2.45, 2.75) is 6.36 Å². The van der Waals surface area contributed by atoms with Crippen molar-refractivity contribution >= 4 is 17.6 Å². The van der Waals surface area contributed by atoms with Crippen LogP contribution >= 0.6 is 0 Å². The van der Waals surface area contributed by atoms with Gasteiger partial charge in [0.1, 0.15) is 5.75 Å². The van der Waals surface area contributed by atoms with Crippen LogP contribution in [0.2, 0.25) is 0 Å². The number of rotatable bonds is 3. The second-order valence-corrected chi connectivity index (χ2v) is 4.60. The first-order chi connectivity index (χ1) is 11.2. The maximum absolute atomic E-state index is 12.2. The van der Waals surface area contributed by atoms with Gasteiger partial charge < -0.3 is 21.9 Å². The van der Waals surface area contributed by atoms with Gasteiger partial charge in [-0.1, -0.05) is 30.3 Å². The van der Waals surface area contributed by atoms with Crippen molar-refractivity contribution in [3.8, 4) is 16.9 Å². The molecule has 0 amide bonds. The maximum atomic E-state index is 12.2. The second-order valence-electron chi connectivity index (χ2n) is 4.60. The van der Waals surface area contributed by atoms with Crippen LogP contribution in [0.3, 0.4) is 0 Å². The molecule has 0 spiro atoms. The number of benzene rings is 2. The van der Waals surface area contributed by atoms with Gasteiger partial charge in [-0.25, -0.2) is 4.99 Å². The zero-order valence-electron chi connectivity index (χ0n) is 12.3. The van der Waals surface area contributed by atoms with Gasteiger partial charge in [0.15, 0.2) is 5.96 Å². The smallest absolute Gasteiger partial charge is 0.406 e. The molecule has 0 bridgehead atoms. The molecule has 0 saturated carbocycles. The molecule has 0 aliphatic heterocycles. The van der Waals surface area contributed by atoms with E-state index in [1.807, 2.05) is 0 Å². The molecule has 0 aliphatic carbocycles. The number of alkyl halides is 3. The highest BCUT2D eigenvalue weighted by atomic mass is 19.4. The monoisotopic (exact) mass is 337 g/mol. The van der Waals surface area contributed by atoms with Crippen LogP contribution in [0.1, 0.15) is 0 Å². The fraction of sp³-hybridized carbons (Fsp3) is 0.0667. The number of halogens is 3. The third-order valence-electron chi connectivity index (χ3n) is 2.78. The number of hydrogen-bond acceptors (Lipinski definition) is 2. The minimum Gasteiger partial charge on any atom is -0.406 e. The lowest BCUT2D eigenvalue weighted by molar-refractivity contribution is -0.274. The maximum Gasteiger partial charge on any atom is 0.573 e. The van der Waals surface area contributed by atoms with Gasteiger partial charge in [-0.05, 0) is 23.8 Å². The van der Waals surface area contributed by atoms with Gasteiger partial charge in [0.2, 0.25) is 5.96 Å². The van der Waals surface area contributed by atoms with E-state index in [4.69, 9.17) is 17.2 Å². The summed E-state index contributed by atoms with van der Waals surface area (Å²) in [6, 6.07) is 12.3. The van der Waals surface area contributed by atoms with Gasteiger partial charge in [0, 0.05) is 5.56 Å². The summed E-state index contributed by atoms with van der Waals surface area (Å²) in [4.78, 5) is 7.71. The predicted octanol–water partition coefficient (Wildman–Crippen LogP) is 2.47. The lowest BCUT2D eigenvalue weighted by atomic mass is 10.0. The normalized spacial score (nSPS) is 11.9. The van der Waals surface area contributed by atoms with Crippen molar-refractivity contribution in [2.75, 3.05) is 0 Å². The zero-order valence-corrected chi connectivity index (χ0v) is 12.3. The zero-order chi connectivity index (χ0) is 17.7. The summed E-state index contributed by atoms with van der Waals surface area (Å²) in [6.45, 7) is 0. The lowest BCUT2D eigenvalue weighted by Crippen LogP contribution is -2.26. The summed E-state index contributed by atoms with van der Waals surface area (Å²) in [5, 5.41) is 0. The van der Waals surface area contributed by atoms with E-state index in [0.717, 1.165) is 0 Å². The number of aliphatic imine (C=N–C) groups is 2. The molecule has 0 heterocycles. The van der Waals surface area contributed by atoms with E-state index in [0.29, 0.717) is 16.8 Å². The van der Waals surface area contributed by atoms with Gasteiger partial charge in [0.25, 0.3) is 0 Å². The molecule has 0 fully saturated rings. The number of nitrogens with two attached hydrogens (primary N) is 3. The van der Waals surface area contributed by atoms with E-state index < -0.39 is 6.36 Å². The number of guanidine groups is 2. The summed E-state index contributed by atoms with van der Waals surface area (Å²) < 4.78 is 40.4. The Morgan fingerprint density at radius 1 is 0.917 bits per heavy atom. The van der Waals surface area contributed by atoms with E-state index >= 15 is 0 Å². The van der Waals surface area contributed by atoms with Crippen LogP contribution in [0, 0.1) is 0 Å². The van der Waals surface area contributed by atoms with Crippen molar-refractivity contribution in [3.63, 3.8) is 0 Å². The minimum absolute atomic E-state index is 0.139. The molecule has 0 aliphatic rings. The Morgan fingerprint density at radius 2 is 1.54 bits per heavy atom. The van der Waals surface area contributed by atoms with Crippen molar-refractivity contribution in [1.29, 1.82) is 0 Å². The van der Waals surface area contributed by atoms with Crippen LogP contribution < -0.4 is 21.9 Å². The molecule has 24 heavy (non-hydrogen) atoms. The van der Waals surface area contributed by atoms with Gasteiger partial charge in [-0.15, -0.1) is 13.2 Å². The molecule has 126 valence electrons. The largest absolute Gasteiger partial charge is 0.573 e. The first-order valence-electron chi connectivity index (χ1n) is 6.63. The quantitative estimate of drug-likeness (QED) is 0.590. The molecule has 2 aromatic rings. The van der Waals surface area contributed by atoms with Gasteiger partial charge in [0.05, 0.1) is 5.69 Å². The fourth-order valence-electron chi connectivity index (χ4n) is 1.93. The van der Waals surface area contributed by atoms with E-state index in [2.05, 4.69) is 14.7 Å². The van der Waals surface area contributed by atoms with E-state index in [1.165, 1.54) is 24.3 Å². The van der Waals surface area contributed by atoms with Crippen LogP contribution in [0.25, 0.3) is 11.1 Å². The third-order valence-corrected chi connectivity index (χ3v) is 2.78. The molecular weight excluding hydrogens is 323 g/mol. The van der Waals surface area contributed by atoms with Gasteiger partial charge in [-0.2, -0.15) is 4.99 Å². The highest BCUT2D eigenvalue weighted by molar-refractivity contribution is 5.94. The van der Waals surface area contributed by atoms with Crippen LogP contribution in [0.5, 0.6) is 5.75 Å². The average Bonchev–Trinajstić information content (AvgIpc) is 2.46. The summed E-state index contributed by atoms with van der Waals surface area (Å²) in [5.74, 6) is -0.686. The molecule has 2 rings (SSSR count). The molecule has 0 atom stereocenters. The Balaban J connectivity index is 2.35. The number of para-hydroxylation sites is 1. The summed E-state index contributed by atoms with van der Waals surface area (Å²) in [6.07, 6.45) is -4.74. The predicted molar refractivity (Wildman–Crippen MR) is 85.7 cm³/mol. The van der Waals surface area contributed by atoms with Gasteiger partial charge >= 0.3 is 6.36 Å². The Bertz CT molecular complexity index is 765. The molecule has 9 heteroatoms. The van der Waals surface area contributed by atoms with Crippen molar-refractivity contribution in [3.05, 3.63) is 48.5 Å². The molecule has 0 unspecified atom stereocenters. The highest BCUT2D eigenvalue weighted by Crippen LogP contribution is 2.32. The number of ether oxygens (including phenoxy) is 1. The Hall–Kier alpha value is -3.23. The molecule has 0 saturated heterocycles. The van der Waals surface area contributed by atoms with Crippen molar-refractivity contribution in [2.24, 2.45) is 27.2 Å². The Labute approximate surface area is 135 Å². The lowest BCUT2D eigenvalue weighted by Gasteiger charge is -2.10. The SMILES string of the molecule is NC(N)=NC(N)=Nc1ccccc1-c1ccc(OC(F)(F)F)cc1. The summed E-state index contributed by atoms with van der Waals surface area (Å²) in [7, 11) is 0. The molecular formula is C15H14F3N5O. The topological polar surface area (TPSA) is 112 Å². The van der Waals surface area contributed by atoms with Gasteiger partial charge in [-0.3, -0.25) is 0 Å². The standard InChI is InChI=1S/C15H14F3N5O/c16-15(17,18)24-10-7-5-9(6-8-10)11-3-1-2-4-12(11)22-14(21)23-13(19)20/h1-8H,(H6,19,20,21,22,23). The molecule has 0 aromatic heterocycles. The van der Waals surface area contributed by atoms with E-state index in [-0.39, 0.29) is 17.7 Å². The van der Waals surface area contributed by atoms with Crippen molar-refractivity contribution in [1.82, 2.24) is 0 Å². The number of hydrogen-bond donors (Lipinski definition) is 3. The first-order valence-corrected chi connectivity index (χ1v) is 6.63. The van der Waals surface area contributed by atoms with Crippen LogP contribution in [0.4, 0.5) is 18.9 Å². The minimum atomic E-state index is -4.74. The van der Waals surface area contributed by atoms with Crippen molar-refractivity contribution < 1.29 is 17.9 Å². The summed E-state index contributed by atoms with van der Waals surface area (Å²) >= 11 is 0. The Kier molecular flexibility index (Phi) is 4.93. The number of nitrogens with zero attached hydrogens (tertiary/aromatic N) is 2. The third kappa shape index (κ3) is 4.90. The molecule has 2 aromatic carbocycles. The van der Waals surface area contributed by atoms with Crippen LogP contribution in [-0.4, -0.2) is 18.3 Å². The van der Waals surface area contributed by atoms with Crippen LogP contribution in [-0.2, 0) is 0 Å². The van der Waals surface area contributed by atoms with E-state index in [9.17, 15) is 13.2 Å². The molecule has 6 nitrogen and oxygen atoms in total. The van der Waals surface area contributed by atoms with Crippen LogP contribution in [0.15, 0.2) is 58.5 Å². The molecule has 6 N–H and O–H groups in total. The van der Waals surface area contributed by atoms with E-state index in [1.54, 1.807) is 24.3 Å². The first kappa shape index (κ1) is 17.1. The second kappa shape index (κ2) is 6.90. The molecule has 0 radical (unpaired) electrons. The summed E-state index contributed by atoms with van der Waals surface area (Å²) in [5.41, 5.74) is 17.8.